The summed E-state index contributed by atoms with van der Waals surface area (Å²) in [4.78, 5) is 28.2. The predicted molar refractivity (Wildman–Crippen MR) is 201 cm³/mol. The molecule has 6 aliphatic rings. The van der Waals surface area contributed by atoms with E-state index in [9.17, 15) is 27.9 Å². The molecule has 0 spiro atoms. The minimum absolute atomic E-state index is 0.0692. The number of carbonyl (C=O) groups excluding carboxylic acids is 1. The van der Waals surface area contributed by atoms with Crippen molar-refractivity contribution >= 4 is 17.3 Å². The van der Waals surface area contributed by atoms with Crippen LogP contribution in [-0.4, -0.2) is 47.3 Å². The molecule has 1 saturated heterocycles. The molecule has 5 aliphatic carbocycles. The molecule has 286 valence electrons. The summed E-state index contributed by atoms with van der Waals surface area (Å²) >= 11 is 0. The topological polar surface area (TPSA) is 57.6 Å². The lowest BCUT2D eigenvalue weighted by Crippen LogP contribution is -2.65. The number of hydrogen-bond donors (Lipinski definition) is 1. The lowest BCUT2D eigenvalue weighted by molar-refractivity contribution is -0.224. The number of carboxylic acid groups (broad SMARTS) is 1. The van der Waals surface area contributed by atoms with Crippen LogP contribution in [0.2, 0.25) is 0 Å². The van der Waals surface area contributed by atoms with Gasteiger partial charge in [0, 0.05) is 37.8 Å². The highest BCUT2D eigenvalue weighted by molar-refractivity contribution is 5.88. The van der Waals surface area contributed by atoms with Crippen LogP contribution >= 0.6 is 0 Å². The predicted octanol–water partition coefficient (Wildman–Crippen LogP) is 11.3. The maximum absolute atomic E-state index is 14.9. The number of rotatable bonds is 8. The molecule has 1 aromatic rings. The highest BCUT2D eigenvalue weighted by atomic mass is 19.3. The largest absolute Gasteiger partial charge is 0.478 e. The monoisotopic (exact) mass is 721 g/mol. The molecule has 0 unspecified atom stereocenters. The number of piperidine rings is 1. The van der Waals surface area contributed by atoms with Crippen molar-refractivity contribution in [3.63, 3.8) is 0 Å². The number of Topliss-reactive ketones (excluding diaryl/α,β-unsaturated/α-hetero) is 1. The maximum Gasteiger partial charge on any atom is 0.338 e. The molecule has 5 fully saturated rings. The Balaban J connectivity index is 1.14. The van der Waals surface area contributed by atoms with Gasteiger partial charge in [0.15, 0.2) is 0 Å². The van der Waals surface area contributed by atoms with Crippen molar-refractivity contribution in [2.75, 3.05) is 19.6 Å². The third-order valence-electron chi connectivity index (χ3n) is 17.2. The van der Waals surface area contributed by atoms with Crippen LogP contribution in [0.25, 0.3) is 5.57 Å². The summed E-state index contributed by atoms with van der Waals surface area (Å²) in [5.41, 5.74) is 2.62. The van der Waals surface area contributed by atoms with Crippen LogP contribution in [0.3, 0.4) is 0 Å². The second kappa shape index (κ2) is 12.8. The third kappa shape index (κ3) is 5.62. The van der Waals surface area contributed by atoms with Gasteiger partial charge in [-0.15, -0.1) is 0 Å². The lowest BCUT2D eigenvalue weighted by atomic mass is 9.32. The molecule has 7 heteroatoms. The number of alkyl halides is 2. The van der Waals surface area contributed by atoms with E-state index in [1.165, 1.54) is 17.7 Å². The highest BCUT2D eigenvalue weighted by Crippen LogP contribution is 2.78. The first kappa shape index (κ1) is 37.9. The van der Waals surface area contributed by atoms with Gasteiger partial charge in [-0.05, 0) is 152 Å². The zero-order valence-electron chi connectivity index (χ0n) is 32.6. The van der Waals surface area contributed by atoms with E-state index in [2.05, 4.69) is 59.1 Å². The third-order valence-corrected chi connectivity index (χ3v) is 17.2. The summed E-state index contributed by atoms with van der Waals surface area (Å²) in [6.07, 6.45) is 12.9. The van der Waals surface area contributed by atoms with E-state index >= 15 is 0 Å². The highest BCUT2D eigenvalue weighted by Gasteiger charge is 2.71. The number of ketones is 1. The quantitative estimate of drug-likeness (QED) is 0.272. The molecule has 4 saturated carbocycles. The van der Waals surface area contributed by atoms with Gasteiger partial charge in [0.2, 0.25) is 0 Å². The number of nitrogens with zero attached hydrogens (tertiary/aromatic N) is 1. The molecule has 0 amide bonds. The first-order chi connectivity index (χ1) is 24.3. The summed E-state index contributed by atoms with van der Waals surface area (Å²) in [6, 6.07) is 4.61. The van der Waals surface area contributed by atoms with Crippen molar-refractivity contribution in [3.8, 4) is 0 Å². The number of carboxylic acids is 1. The van der Waals surface area contributed by atoms with Crippen LogP contribution in [0.15, 0.2) is 36.4 Å². The van der Waals surface area contributed by atoms with Gasteiger partial charge in [-0.1, -0.05) is 58.9 Å². The number of fused-ring (bicyclic) bond motifs is 7. The molecule has 1 heterocycles. The van der Waals surface area contributed by atoms with Crippen LogP contribution in [0.4, 0.5) is 13.2 Å². The van der Waals surface area contributed by atoms with Gasteiger partial charge in [-0.2, -0.15) is 0 Å². The summed E-state index contributed by atoms with van der Waals surface area (Å²) in [5, 5.41) is 9.42. The molecule has 0 radical (unpaired) electrons. The van der Waals surface area contributed by atoms with Crippen molar-refractivity contribution in [1.82, 2.24) is 4.90 Å². The molecule has 1 N–H and O–H groups in total. The first-order valence-electron chi connectivity index (χ1n) is 20.3. The van der Waals surface area contributed by atoms with Crippen molar-refractivity contribution in [2.45, 2.75) is 131 Å². The van der Waals surface area contributed by atoms with Gasteiger partial charge < -0.3 is 10.0 Å². The molecule has 9 atom stereocenters. The Labute approximate surface area is 310 Å². The van der Waals surface area contributed by atoms with Crippen LogP contribution in [0, 0.1) is 62.5 Å². The number of benzene rings is 1. The van der Waals surface area contributed by atoms with Crippen molar-refractivity contribution in [1.29, 1.82) is 0 Å². The van der Waals surface area contributed by atoms with Gasteiger partial charge in [0.1, 0.15) is 11.6 Å². The van der Waals surface area contributed by atoms with Crippen LogP contribution < -0.4 is 0 Å². The maximum atomic E-state index is 14.9. The normalized spacial score (nSPS) is 40.8. The molecule has 0 aromatic heterocycles. The van der Waals surface area contributed by atoms with E-state index in [0.29, 0.717) is 54.9 Å². The second-order valence-corrected chi connectivity index (χ2v) is 19.6. The molecular formula is C45H62F3NO3. The summed E-state index contributed by atoms with van der Waals surface area (Å²) in [5.74, 6) is -2.00. The fourth-order valence-corrected chi connectivity index (χ4v) is 14.4. The molecule has 52 heavy (non-hydrogen) atoms. The van der Waals surface area contributed by atoms with Gasteiger partial charge >= 0.3 is 5.97 Å². The van der Waals surface area contributed by atoms with Crippen LogP contribution in [0.5, 0.6) is 0 Å². The first-order valence-corrected chi connectivity index (χ1v) is 20.3. The Morgan fingerprint density at radius 1 is 0.904 bits per heavy atom. The number of hydrogen-bond acceptors (Lipinski definition) is 3. The molecule has 1 aliphatic heterocycles. The Kier molecular flexibility index (Phi) is 9.35. The number of halogens is 3. The van der Waals surface area contributed by atoms with E-state index in [1.54, 1.807) is 6.07 Å². The van der Waals surface area contributed by atoms with Crippen molar-refractivity contribution < 1.29 is 27.9 Å². The summed E-state index contributed by atoms with van der Waals surface area (Å²) < 4.78 is 42.5. The zero-order chi connectivity index (χ0) is 37.6. The lowest BCUT2D eigenvalue weighted by Gasteiger charge is -2.72. The molecule has 0 bridgehead atoms. The van der Waals surface area contributed by atoms with Crippen molar-refractivity contribution in [3.05, 3.63) is 53.4 Å². The van der Waals surface area contributed by atoms with Gasteiger partial charge in [-0.3, -0.25) is 4.79 Å². The Morgan fingerprint density at radius 2 is 1.62 bits per heavy atom. The molecule has 1 aromatic carbocycles. The zero-order valence-corrected chi connectivity index (χ0v) is 32.6. The fourth-order valence-electron chi connectivity index (χ4n) is 14.4. The summed E-state index contributed by atoms with van der Waals surface area (Å²) in [6.45, 7) is 20.6. The van der Waals surface area contributed by atoms with Gasteiger partial charge in [-0.25, -0.2) is 18.0 Å². The Bertz CT molecular complexity index is 1660. The van der Waals surface area contributed by atoms with E-state index < -0.39 is 17.7 Å². The molecule has 7 rings (SSSR count). The minimum atomic E-state index is -2.55. The standard InChI is InChI=1S/C45H62F3NO3/c1-28(2)30-14-19-44(37(50)9-8-24-49-25-22-45(47,48)23-26-49)21-20-42(6)33(38(30)44)12-13-36-41(5)17-15-32(29-10-11-31(39(51)52)34(46)27-29)40(3,4)35(41)16-18-43(36,42)7/h10-11,15,27,30,33,35-36,38H,1,8-9,12-14,16-26H2,2-7H3,(H,51,52)/t30-,33+,35-,36+,38+,41-,42+,43+,44+/m0/s1. The number of aromatic carboxylic acids is 1. The number of allylic oxidation sites excluding steroid dienone is 3. The van der Waals surface area contributed by atoms with Crippen molar-refractivity contribution in [2.24, 2.45) is 56.7 Å². The number of carbonyl (C=O) groups is 2. The minimum Gasteiger partial charge on any atom is -0.478 e. The van der Waals surface area contributed by atoms with Gasteiger partial charge in [0.05, 0.1) is 5.56 Å². The average Bonchev–Trinajstić information content (AvgIpc) is 3.47. The Hall–Kier alpha value is -2.41. The average molecular weight is 722 g/mol. The van der Waals surface area contributed by atoms with Gasteiger partial charge in [0.25, 0.3) is 5.92 Å². The fraction of sp³-hybridized carbons (Fsp3) is 0.733. The SMILES string of the molecule is C=C(C)[C@@H]1CC[C@]2(C(=O)CCCN3CCC(F)(F)CC3)CC[C@]3(C)[C@H](CC[C@@H]4[C@@]5(C)CC=C(c6ccc(C(=O)O)c(F)c6)C(C)(C)[C@@H]5CC[C@]43C)[C@@H]12. The van der Waals surface area contributed by atoms with E-state index in [-0.39, 0.29) is 45.5 Å². The Morgan fingerprint density at radius 3 is 2.27 bits per heavy atom. The van der Waals surface area contributed by atoms with E-state index in [4.69, 9.17) is 0 Å². The number of likely N-dealkylation sites (tertiary alicyclic amines) is 1. The van der Waals surface area contributed by atoms with Crippen LogP contribution in [0.1, 0.15) is 141 Å². The van der Waals surface area contributed by atoms with Crippen LogP contribution in [-0.2, 0) is 4.79 Å². The molecule has 4 nitrogen and oxygen atoms in total. The second-order valence-electron chi connectivity index (χ2n) is 19.6. The summed E-state index contributed by atoms with van der Waals surface area (Å²) in [7, 11) is 0. The van der Waals surface area contributed by atoms with E-state index in [1.807, 2.05) is 0 Å². The smallest absolute Gasteiger partial charge is 0.338 e. The molecular weight excluding hydrogens is 659 g/mol. The van der Waals surface area contributed by atoms with E-state index in [0.717, 1.165) is 81.9 Å².